The first-order valence-corrected chi connectivity index (χ1v) is 11.0. The highest BCUT2D eigenvalue weighted by atomic mass is 32.2. The molecule has 1 aliphatic rings. The maximum Gasteiger partial charge on any atom is 0.244 e. The molecule has 1 fully saturated rings. The fraction of sp³-hybridized carbons (Fsp3) is 0.350. The van der Waals surface area contributed by atoms with Crippen molar-refractivity contribution in [3.8, 4) is 0 Å². The van der Waals surface area contributed by atoms with E-state index in [2.05, 4.69) is 20.3 Å². The van der Waals surface area contributed by atoms with Crippen LogP contribution in [0.1, 0.15) is 31.6 Å². The number of amides is 1. The summed E-state index contributed by atoms with van der Waals surface area (Å²) in [4.78, 5) is 24.5. The average Bonchev–Trinajstić information content (AvgIpc) is 3.19. The number of imidazole rings is 1. The number of rotatable bonds is 5. The molecule has 2 aromatic heterocycles. The van der Waals surface area contributed by atoms with Crippen molar-refractivity contribution in [3.05, 3.63) is 54.6 Å². The largest absolute Gasteiger partial charge is 0.346 e. The molecule has 1 aromatic carbocycles. The molecule has 8 nitrogen and oxygen atoms in total. The minimum Gasteiger partial charge on any atom is -0.346 e. The van der Waals surface area contributed by atoms with Crippen LogP contribution in [0.4, 0.5) is 0 Å². The number of para-hydroxylation sites is 2. The molecule has 1 aliphatic heterocycles. The zero-order valence-electron chi connectivity index (χ0n) is 16.1. The normalized spacial score (nSPS) is 17.3. The molecule has 0 radical (unpaired) electrons. The molecule has 0 bridgehead atoms. The van der Waals surface area contributed by atoms with Crippen molar-refractivity contribution in [2.45, 2.75) is 30.7 Å². The second-order valence-corrected chi connectivity index (χ2v) is 9.17. The number of nitrogens with zero attached hydrogens (tertiary/aromatic N) is 3. The topological polar surface area (TPSA) is 108 Å². The molecule has 29 heavy (non-hydrogen) atoms. The van der Waals surface area contributed by atoms with Crippen LogP contribution >= 0.6 is 0 Å². The van der Waals surface area contributed by atoms with E-state index in [0.29, 0.717) is 31.8 Å². The first-order valence-electron chi connectivity index (χ1n) is 9.60. The zero-order chi connectivity index (χ0) is 20.4. The Morgan fingerprint density at radius 2 is 1.97 bits per heavy atom. The molecule has 0 spiro atoms. The van der Waals surface area contributed by atoms with Gasteiger partial charge in [-0.3, -0.25) is 9.78 Å². The molecule has 3 heterocycles. The van der Waals surface area contributed by atoms with Crippen molar-refractivity contribution in [2.24, 2.45) is 5.92 Å². The van der Waals surface area contributed by atoms with Gasteiger partial charge in [-0.25, -0.2) is 13.4 Å². The number of benzene rings is 1. The van der Waals surface area contributed by atoms with Crippen LogP contribution in [-0.4, -0.2) is 46.7 Å². The van der Waals surface area contributed by atoms with Crippen LogP contribution in [-0.2, 0) is 14.8 Å². The molecule has 1 amide bonds. The van der Waals surface area contributed by atoms with Gasteiger partial charge in [0.1, 0.15) is 10.7 Å². The number of pyridine rings is 1. The predicted molar refractivity (Wildman–Crippen MR) is 108 cm³/mol. The third-order valence-electron chi connectivity index (χ3n) is 5.27. The number of fused-ring (bicyclic) bond motifs is 1. The number of carbonyl (C=O) groups is 1. The monoisotopic (exact) mass is 413 g/mol. The van der Waals surface area contributed by atoms with Crippen LogP contribution in [0.15, 0.2) is 53.7 Å². The Morgan fingerprint density at radius 3 is 2.66 bits per heavy atom. The Labute approximate surface area is 169 Å². The average molecular weight is 414 g/mol. The lowest BCUT2D eigenvalue weighted by Crippen LogP contribution is -2.43. The lowest BCUT2D eigenvalue weighted by molar-refractivity contribution is -0.126. The van der Waals surface area contributed by atoms with Crippen molar-refractivity contribution >= 4 is 27.0 Å². The predicted octanol–water partition coefficient (Wildman–Crippen LogP) is 2.24. The minimum absolute atomic E-state index is 0.0728. The highest BCUT2D eigenvalue weighted by Gasteiger charge is 2.32. The SMILES string of the molecule is C[C@H](NC(=O)C1CCN(S(=O)(=O)c2cccnc2)CC1)c1nc2ccccc2[nH]1. The molecule has 1 atom stereocenters. The van der Waals surface area contributed by atoms with Crippen LogP contribution < -0.4 is 5.32 Å². The molecule has 2 N–H and O–H groups in total. The summed E-state index contributed by atoms with van der Waals surface area (Å²) in [5, 5.41) is 3.00. The summed E-state index contributed by atoms with van der Waals surface area (Å²) in [5.74, 6) is 0.412. The van der Waals surface area contributed by atoms with Gasteiger partial charge >= 0.3 is 0 Å². The second-order valence-electron chi connectivity index (χ2n) is 7.24. The van der Waals surface area contributed by atoms with E-state index in [-0.39, 0.29) is 22.8 Å². The summed E-state index contributed by atoms with van der Waals surface area (Å²) in [6.07, 6.45) is 3.86. The Balaban J connectivity index is 1.36. The van der Waals surface area contributed by atoms with Crippen molar-refractivity contribution in [1.29, 1.82) is 0 Å². The highest BCUT2D eigenvalue weighted by molar-refractivity contribution is 7.89. The first kappa shape index (κ1) is 19.5. The third kappa shape index (κ3) is 4.01. The van der Waals surface area contributed by atoms with Crippen LogP contribution in [0, 0.1) is 5.92 Å². The van der Waals surface area contributed by atoms with E-state index in [9.17, 15) is 13.2 Å². The lowest BCUT2D eigenvalue weighted by atomic mass is 9.97. The maximum absolute atomic E-state index is 12.7. The number of aromatic amines is 1. The molecule has 0 aliphatic carbocycles. The quantitative estimate of drug-likeness (QED) is 0.667. The Hall–Kier alpha value is -2.78. The summed E-state index contributed by atoms with van der Waals surface area (Å²) in [5.41, 5.74) is 1.79. The second kappa shape index (κ2) is 7.92. The summed E-state index contributed by atoms with van der Waals surface area (Å²) in [7, 11) is -3.57. The van der Waals surface area contributed by atoms with E-state index < -0.39 is 10.0 Å². The van der Waals surface area contributed by atoms with Crippen LogP contribution in [0.25, 0.3) is 11.0 Å². The zero-order valence-corrected chi connectivity index (χ0v) is 16.9. The standard InChI is InChI=1S/C20H23N5O3S/c1-14(19-23-17-6-2-3-7-18(17)24-19)22-20(26)15-8-11-25(12-9-15)29(27,28)16-5-4-10-21-13-16/h2-7,10,13-15H,8-9,11-12H2,1H3,(H,22,26)(H,23,24)/t14-/m0/s1. The summed E-state index contributed by atoms with van der Waals surface area (Å²) in [6, 6.07) is 10.6. The van der Waals surface area contributed by atoms with Gasteiger partial charge < -0.3 is 10.3 Å². The smallest absolute Gasteiger partial charge is 0.244 e. The fourth-order valence-corrected chi connectivity index (χ4v) is 5.02. The molecule has 152 valence electrons. The van der Waals surface area contributed by atoms with Crippen molar-refractivity contribution < 1.29 is 13.2 Å². The molecular formula is C20H23N5O3S. The Bertz CT molecular complexity index is 1070. The number of carbonyl (C=O) groups excluding carboxylic acids is 1. The van der Waals surface area contributed by atoms with Gasteiger partial charge in [0.05, 0.1) is 17.1 Å². The van der Waals surface area contributed by atoms with Crippen molar-refractivity contribution in [2.75, 3.05) is 13.1 Å². The van der Waals surface area contributed by atoms with E-state index >= 15 is 0 Å². The summed E-state index contributed by atoms with van der Waals surface area (Å²) < 4.78 is 26.8. The maximum atomic E-state index is 12.7. The van der Waals surface area contributed by atoms with Crippen LogP contribution in [0.5, 0.6) is 0 Å². The van der Waals surface area contributed by atoms with E-state index in [1.165, 1.54) is 16.6 Å². The van der Waals surface area contributed by atoms with Gasteiger partial charge in [-0.15, -0.1) is 0 Å². The number of sulfonamides is 1. The van der Waals surface area contributed by atoms with E-state index in [0.717, 1.165) is 11.0 Å². The van der Waals surface area contributed by atoms with Crippen molar-refractivity contribution in [1.82, 2.24) is 24.6 Å². The molecule has 9 heteroatoms. The number of nitrogens with one attached hydrogen (secondary N) is 2. The first-order chi connectivity index (χ1) is 13.9. The van der Waals surface area contributed by atoms with E-state index in [1.54, 1.807) is 12.3 Å². The van der Waals surface area contributed by atoms with Gasteiger partial charge in [-0.1, -0.05) is 12.1 Å². The molecule has 4 rings (SSSR count). The summed E-state index contributed by atoms with van der Waals surface area (Å²) in [6.45, 7) is 2.51. The minimum atomic E-state index is -3.57. The number of aromatic nitrogens is 3. The highest BCUT2D eigenvalue weighted by Crippen LogP contribution is 2.24. The molecule has 3 aromatic rings. The van der Waals surface area contributed by atoms with Gasteiger partial charge in [-0.2, -0.15) is 4.31 Å². The van der Waals surface area contributed by atoms with Gasteiger partial charge in [0.15, 0.2) is 0 Å². The van der Waals surface area contributed by atoms with Gasteiger partial charge in [0.25, 0.3) is 0 Å². The number of hydrogen-bond acceptors (Lipinski definition) is 5. The summed E-state index contributed by atoms with van der Waals surface area (Å²) >= 11 is 0. The fourth-order valence-electron chi connectivity index (χ4n) is 3.58. The Morgan fingerprint density at radius 1 is 1.21 bits per heavy atom. The number of hydrogen-bond donors (Lipinski definition) is 2. The molecule has 0 unspecified atom stereocenters. The molecule has 1 saturated heterocycles. The van der Waals surface area contributed by atoms with Crippen LogP contribution in [0.3, 0.4) is 0 Å². The van der Waals surface area contributed by atoms with Gasteiger partial charge in [0.2, 0.25) is 15.9 Å². The van der Waals surface area contributed by atoms with Crippen molar-refractivity contribution in [3.63, 3.8) is 0 Å². The van der Waals surface area contributed by atoms with Crippen LogP contribution in [0.2, 0.25) is 0 Å². The number of H-pyrrole nitrogens is 1. The molecular weight excluding hydrogens is 390 g/mol. The van der Waals surface area contributed by atoms with E-state index in [4.69, 9.17) is 0 Å². The Kier molecular flexibility index (Phi) is 5.33. The van der Waals surface area contributed by atoms with Gasteiger partial charge in [-0.05, 0) is 44.0 Å². The van der Waals surface area contributed by atoms with Gasteiger partial charge in [0, 0.05) is 31.4 Å². The lowest BCUT2D eigenvalue weighted by Gasteiger charge is -2.31. The number of piperidine rings is 1. The third-order valence-corrected chi connectivity index (χ3v) is 7.16. The van der Waals surface area contributed by atoms with E-state index in [1.807, 2.05) is 31.2 Å². The molecule has 0 saturated carbocycles.